The van der Waals surface area contributed by atoms with E-state index in [-0.39, 0.29) is 24.9 Å². The molecule has 0 bridgehead atoms. The Bertz CT molecular complexity index is 1190. The van der Waals surface area contributed by atoms with Crippen LogP contribution in [0.3, 0.4) is 0 Å². The van der Waals surface area contributed by atoms with Gasteiger partial charge in [0.1, 0.15) is 11.6 Å². The van der Waals surface area contributed by atoms with Gasteiger partial charge in [-0.1, -0.05) is 12.1 Å². The average molecular weight is 497 g/mol. The van der Waals surface area contributed by atoms with Crippen molar-refractivity contribution in [2.45, 2.75) is 50.8 Å². The maximum atomic E-state index is 13.7. The number of ether oxygens (including phenoxy) is 1. The fraction of sp³-hybridized carbons (Fsp3) is 0.370. The number of nitrogens with zero attached hydrogens (tertiary/aromatic N) is 2. The molecule has 1 heterocycles. The number of aliphatic hydroxyl groups excluding tert-OH is 1. The first-order valence-electron chi connectivity index (χ1n) is 12.0. The van der Waals surface area contributed by atoms with Crippen LogP contribution >= 0.6 is 0 Å². The number of aryl methyl sites for hydroxylation is 1. The molecule has 0 spiro atoms. The SMILES string of the molecule is COc1ccc(-c2ccc3c(c2)C(NCC(O)C(Cc2cc(F)cc(F)c2)NC(C)=O)CCC3)nn1. The van der Waals surface area contributed by atoms with E-state index in [1.807, 2.05) is 12.1 Å². The number of rotatable bonds is 9. The van der Waals surface area contributed by atoms with Crippen LogP contribution in [0, 0.1) is 11.6 Å². The molecular weight excluding hydrogens is 466 g/mol. The van der Waals surface area contributed by atoms with E-state index in [0.717, 1.165) is 42.1 Å². The first kappa shape index (κ1) is 25.7. The molecule has 7 nitrogen and oxygen atoms in total. The smallest absolute Gasteiger partial charge is 0.233 e. The van der Waals surface area contributed by atoms with Crippen LogP contribution in [0.1, 0.15) is 42.5 Å². The highest BCUT2D eigenvalue weighted by atomic mass is 19.1. The Labute approximate surface area is 208 Å². The van der Waals surface area contributed by atoms with Gasteiger partial charge in [0.05, 0.1) is 24.9 Å². The van der Waals surface area contributed by atoms with Crippen molar-refractivity contribution in [1.82, 2.24) is 20.8 Å². The number of hydrogen-bond donors (Lipinski definition) is 3. The standard InChI is InChI=1S/C27H30F2N4O3/c1-16(34)31-25(12-17-10-20(28)14-21(29)11-17)26(35)15-30-24-5-3-4-18-6-7-19(13-22(18)24)23-8-9-27(36-2)33-32-23/h6-11,13-14,24-26,30,35H,3-5,12,15H2,1-2H3,(H,31,34). The molecule has 0 aliphatic heterocycles. The second-order valence-electron chi connectivity index (χ2n) is 9.08. The number of halogens is 2. The summed E-state index contributed by atoms with van der Waals surface area (Å²) in [6.07, 6.45) is 1.97. The molecule has 2 aromatic carbocycles. The maximum Gasteiger partial charge on any atom is 0.233 e. The molecule has 4 rings (SSSR count). The summed E-state index contributed by atoms with van der Waals surface area (Å²) in [6, 6.07) is 12.3. The van der Waals surface area contributed by atoms with Crippen LogP contribution in [0.4, 0.5) is 8.78 Å². The Morgan fingerprint density at radius 1 is 1.14 bits per heavy atom. The van der Waals surface area contributed by atoms with Crippen LogP contribution in [-0.4, -0.2) is 47.0 Å². The highest BCUT2D eigenvalue weighted by Gasteiger charge is 2.25. The summed E-state index contributed by atoms with van der Waals surface area (Å²) in [5.74, 6) is -1.28. The molecule has 3 aromatic rings. The fourth-order valence-corrected chi connectivity index (χ4v) is 4.69. The minimum atomic E-state index is -0.971. The second kappa shape index (κ2) is 11.5. The van der Waals surface area contributed by atoms with Crippen LogP contribution in [0.2, 0.25) is 0 Å². The Morgan fingerprint density at radius 2 is 1.92 bits per heavy atom. The van der Waals surface area contributed by atoms with Gasteiger partial charge in [-0.15, -0.1) is 10.2 Å². The topological polar surface area (TPSA) is 96.4 Å². The largest absolute Gasteiger partial charge is 0.480 e. The number of fused-ring (bicyclic) bond motifs is 1. The molecule has 9 heteroatoms. The Morgan fingerprint density at radius 3 is 2.58 bits per heavy atom. The molecule has 3 N–H and O–H groups in total. The summed E-state index contributed by atoms with van der Waals surface area (Å²) in [6.45, 7) is 1.54. The highest BCUT2D eigenvalue weighted by Crippen LogP contribution is 2.33. The van der Waals surface area contributed by atoms with Crippen molar-refractivity contribution in [3.63, 3.8) is 0 Å². The highest BCUT2D eigenvalue weighted by molar-refractivity contribution is 5.73. The normalized spacial score (nSPS) is 16.6. The minimum Gasteiger partial charge on any atom is -0.480 e. The molecular formula is C27H30F2N4O3. The van der Waals surface area contributed by atoms with E-state index < -0.39 is 23.8 Å². The van der Waals surface area contributed by atoms with Crippen molar-refractivity contribution in [3.05, 3.63) is 76.9 Å². The lowest BCUT2D eigenvalue weighted by molar-refractivity contribution is -0.120. The lowest BCUT2D eigenvalue weighted by Crippen LogP contribution is -2.48. The van der Waals surface area contributed by atoms with Crippen molar-refractivity contribution in [1.29, 1.82) is 0 Å². The molecule has 1 aromatic heterocycles. The molecule has 0 saturated heterocycles. The lowest BCUT2D eigenvalue weighted by atomic mass is 9.86. The summed E-state index contributed by atoms with van der Waals surface area (Å²) < 4.78 is 32.4. The fourth-order valence-electron chi connectivity index (χ4n) is 4.69. The Kier molecular flexibility index (Phi) is 8.22. The summed E-state index contributed by atoms with van der Waals surface area (Å²) >= 11 is 0. The van der Waals surface area contributed by atoms with Gasteiger partial charge in [0.15, 0.2) is 0 Å². The number of amides is 1. The number of carbonyl (C=O) groups excluding carboxylic acids is 1. The Balaban J connectivity index is 1.48. The van der Waals surface area contributed by atoms with Crippen molar-refractivity contribution < 1.29 is 23.4 Å². The van der Waals surface area contributed by atoms with Gasteiger partial charge >= 0.3 is 0 Å². The van der Waals surface area contributed by atoms with Gasteiger partial charge in [-0.05, 0) is 66.6 Å². The summed E-state index contributed by atoms with van der Waals surface area (Å²) in [5.41, 5.74) is 4.39. The second-order valence-corrected chi connectivity index (χ2v) is 9.08. The van der Waals surface area contributed by atoms with E-state index in [2.05, 4.69) is 33.0 Å². The molecule has 0 fully saturated rings. The van der Waals surface area contributed by atoms with Crippen LogP contribution in [0.5, 0.6) is 5.88 Å². The van der Waals surface area contributed by atoms with Crippen molar-refractivity contribution in [2.24, 2.45) is 0 Å². The molecule has 3 atom stereocenters. The zero-order valence-electron chi connectivity index (χ0n) is 20.3. The van der Waals surface area contributed by atoms with Crippen molar-refractivity contribution >= 4 is 5.91 Å². The number of hydrogen-bond acceptors (Lipinski definition) is 6. The van der Waals surface area contributed by atoms with Gasteiger partial charge in [-0.2, -0.15) is 0 Å². The summed E-state index contributed by atoms with van der Waals surface area (Å²) in [7, 11) is 1.54. The zero-order chi connectivity index (χ0) is 25.7. The molecule has 1 aliphatic carbocycles. The minimum absolute atomic E-state index is 0.000787. The Hall–Kier alpha value is -3.43. The predicted octanol–water partition coefficient (Wildman–Crippen LogP) is 3.51. The first-order chi connectivity index (χ1) is 17.3. The first-order valence-corrected chi connectivity index (χ1v) is 12.0. The van der Waals surface area contributed by atoms with Crippen molar-refractivity contribution in [2.75, 3.05) is 13.7 Å². The van der Waals surface area contributed by atoms with Gasteiger partial charge in [-0.3, -0.25) is 4.79 Å². The number of nitrogens with one attached hydrogen (secondary N) is 2. The number of aliphatic hydroxyl groups is 1. The molecule has 1 amide bonds. The summed E-state index contributed by atoms with van der Waals surface area (Å²) in [4.78, 5) is 11.8. The van der Waals surface area contributed by atoms with E-state index in [4.69, 9.17) is 4.74 Å². The van der Waals surface area contributed by atoms with E-state index in [0.29, 0.717) is 11.4 Å². The van der Waals surface area contributed by atoms with E-state index in [1.165, 1.54) is 24.6 Å². The van der Waals surface area contributed by atoms with Crippen LogP contribution < -0.4 is 15.4 Å². The van der Waals surface area contributed by atoms with Crippen LogP contribution in [0.25, 0.3) is 11.3 Å². The van der Waals surface area contributed by atoms with E-state index in [1.54, 1.807) is 13.2 Å². The van der Waals surface area contributed by atoms with Crippen molar-refractivity contribution in [3.8, 4) is 17.1 Å². The number of benzene rings is 2. The number of carbonyl (C=O) groups is 1. The molecule has 0 radical (unpaired) electrons. The van der Waals surface area contributed by atoms with Gasteiger partial charge in [-0.25, -0.2) is 8.78 Å². The monoisotopic (exact) mass is 496 g/mol. The van der Waals surface area contributed by atoms with Gasteiger partial charge in [0.2, 0.25) is 11.8 Å². The van der Waals surface area contributed by atoms with Crippen LogP contribution in [-0.2, 0) is 17.6 Å². The molecule has 1 aliphatic rings. The quantitative estimate of drug-likeness (QED) is 0.420. The maximum absolute atomic E-state index is 13.7. The summed E-state index contributed by atoms with van der Waals surface area (Å²) in [5, 5.41) is 25.4. The van der Waals surface area contributed by atoms with Gasteiger partial charge in [0.25, 0.3) is 0 Å². The average Bonchev–Trinajstić information content (AvgIpc) is 2.85. The van der Waals surface area contributed by atoms with Gasteiger partial charge < -0.3 is 20.5 Å². The lowest BCUT2D eigenvalue weighted by Gasteiger charge is -2.30. The number of methoxy groups -OCH3 is 1. The zero-order valence-corrected chi connectivity index (χ0v) is 20.3. The molecule has 190 valence electrons. The van der Waals surface area contributed by atoms with E-state index >= 15 is 0 Å². The molecule has 3 unspecified atom stereocenters. The third-order valence-corrected chi connectivity index (χ3v) is 6.41. The predicted molar refractivity (Wildman–Crippen MR) is 131 cm³/mol. The van der Waals surface area contributed by atoms with E-state index in [9.17, 15) is 18.7 Å². The number of aromatic nitrogens is 2. The molecule has 0 saturated carbocycles. The third-order valence-electron chi connectivity index (χ3n) is 6.41. The molecule has 36 heavy (non-hydrogen) atoms. The van der Waals surface area contributed by atoms with Crippen LogP contribution in [0.15, 0.2) is 48.5 Å². The third kappa shape index (κ3) is 6.41. The van der Waals surface area contributed by atoms with Gasteiger partial charge in [0, 0.05) is 37.2 Å².